The van der Waals surface area contributed by atoms with Crippen molar-refractivity contribution in [2.45, 2.75) is 38.0 Å². The first-order valence-electron chi connectivity index (χ1n) is 9.75. The van der Waals surface area contributed by atoms with Crippen LogP contribution in [0.1, 0.15) is 49.3 Å². The number of hydrogen-bond donors (Lipinski definition) is 1. The second-order valence-corrected chi connectivity index (χ2v) is 8.32. The van der Waals surface area contributed by atoms with Crippen molar-refractivity contribution in [1.29, 1.82) is 0 Å². The zero-order valence-electron chi connectivity index (χ0n) is 16.3. The molecule has 2 heterocycles. The lowest BCUT2D eigenvalue weighted by molar-refractivity contribution is -0.122. The smallest absolute Gasteiger partial charge is 0.236 e. The van der Waals surface area contributed by atoms with Crippen molar-refractivity contribution in [3.8, 4) is 11.8 Å². The zero-order chi connectivity index (χ0) is 20.1. The third kappa shape index (κ3) is 4.20. The highest BCUT2D eigenvalue weighted by atomic mass is 32.1. The molecule has 1 unspecified atom stereocenters. The molecule has 4 rings (SSSR count). The van der Waals surface area contributed by atoms with Crippen molar-refractivity contribution in [2.24, 2.45) is 5.92 Å². The summed E-state index contributed by atoms with van der Waals surface area (Å²) in [6.07, 6.45) is 11.1. The van der Waals surface area contributed by atoms with Gasteiger partial charge in [-0.3, -0.25) is 4.79 Å². The Balaban J connectivity index is 1.61. The van der Waals surface area contributed by atoms with Gasteiger partial charge in [-0.15, -0.1) is 11.3 Å². The van der Waals surface area contributed by atoms with Crippen molar-refractivity contribution < 1.29 is 4.79 Å². The minimum Gasteiger partial charge on any atom is -0.301 e. The summed E-state index contributed by atoms with van der Waals surface area (Å²) in [4.78, 5) is 25.5. The van der Waals surface area contributed by atoms with Crippen LogP contribution in [0, 0.1) is 17.8 Å². The number of anilines is 1. The Morgan fingerprint density at radius 2 is 1.79 bits per heavy atom. The van der Waals surface area contributed by atoms with E-state index < -0.39 is 5.41 Å². The molecular weight excluding hydrogens is 380 g/mol. The van der Waals surface area contributed by atoms with Gasteiger partial charge in [0.25, 0.3) is 0 Å². The number of carbonyl (C=O) groups is 1. The zero-order valence-corrected chi connectivity index (χ0v) is 17.1. The molecule has 0 saturated heterocycles. The number of rotatable bonds is 4. The summed E-state index contributed by atoms with van der Waals surface area (Å²) in [5.41, 5.74) is 2.09. The molecule has 1 amide bonds. The van der Waals surface area contributed by atoms with Crippen molar-refractivity contribution >= 4 is 22.4 Å². The minimum atomic E-state index is -0.596. The molecule has 1 fully saturated rings. The number of benzene rings is 1. The van der Waals surface area contributed by atoms with Crippen LogP contribution >= 0.6 is 11.3 Å². The van der Waals surface area contributed by atoms with Gasteiger partial charge in [0.2, 0.25) is 5.91 Å². The van der Waals surface area contributed by atoms with E-state index in [0.29, 0.717) is 11.0 Å². The van der Waals surface area contributed by atoms with Crippen LogP contribution in [0.4, 0.5) is 5.13 Å². The van der Waals surface area contributed by atoms with E-state index in [2.05, 4.69) is 39.0 Å². The summed E-state index contributed by atoms with van der Waals surface area (Å²) in [5.74, 6) is 6.54. The number of nitrogens with zero attached hydrogens (tertiary/aromatic N) is 3. The standard InChI is InChI=1S/C23H22N4OS/c1-23(19-4-2-3-5-19,21(28)27-22-26-12-13-29-22)20-10-8-17(9-11-20)6-7-18-14-24-16-25-15-18/h8-16,19H,2-5H2,1H3,(H,26,27,28). The van der Waals surface area contributed by atoms with Crippen LogP contribution in [0.25, 0.3) is 0 Å². The number of thiazole rings is 1. The predicted octanol–water partition coefficient (Wildman–Crippen LogP) is 4.42. The van der Waals surface area contributed by atoms with Crippen LogP contribution in [-0.2, 0) is 10.2 Å². The molecule has 0 aliphatic heterocycles. The molecule has 1 aliphatic rings. The molecule has 1 saturated carbocycles. The van der Waals surface area contributed by atoms with E-state index in [1.807, 2.05) is 29.6 Å². The highest BCUT2D eigenvalue weighted by molar-refractivity contribution is 7.13. The lowest BCUT2D eigenvalue weighted by atomic mass is 9.70. The van der Waals surface area contributed by atoms with Crippen LogP contribution < -0.4 is 5.32 Å². The van der Waals surface area contributed by atoms with E-state index in [4.69, 9.17) is 0 Å². The van der Waals surface area contributed by atoms with E-state index >= 15 is 0 Å². The summed E-state index contributed by atoms with van der Waals surface area (Å²) in [6.45, 7) is 2.06. The summed E-state index contributed by atoms with van der Waals surface area (Å²) in [5, 5.41) is 5.54. The molecular formula is C23H22N4OS. The monoisotopic (exact) mass is 402 g/mol. The van der Waals surface area contributed by atoms with E-state index in [-0.39, 0.29) is 5.91 Å². The number of amides is 1. The summed E-state index contributed by atoms with van der Waals surface area (Å²) >= 11 is 1.44. The van der Waals surface area contributed by atoms with Crippen LogP contribution in [0.15, 0.2) is 54.6 Å². The molecule has 6 heteroatoms. The normalized spacial score (nSPS) is 15.9. The number of aromatic nitrogens is 3. The van der Waals surface area contributed by atoms with Crippen LogP contribution in [0.2, 0.25) is 0 Å². The molecule has 1 atom stereocenters. The summed E-state index contributed by atoms with van der Waals surface area (Å²) < 4.78 is 0. The van der Waals surface area contributed by atoms with Gasteiger partial charge < -0.3 is 5.32 Å². The Kier molecular flexibility index (Phi) is 5.68. The molecule has 0 bridgehead atoms. The first-order valence-corrected chi connectivity index (χ1v) is 10.6. The minimum absolute atomic E-state index is 0.0135. The summed E-state index contributed by atoms with van der Waals surface area (Å²) in [6, 6.07) is 8.03. The topological polar surface area (TPSA) is 67.8 Å². The van der Waals surface area contributed by atoms with Gasteiger partial charge in [-0.1, -0.05) is 36.8 Å². The van der Waals surface area contributed by atoms with Crippen LogP contribution in [0.3, 0.4) is 0 Å². The van der Waals surface area contributed by atoms with Crippen molar-refractivity contribution in [3.63, 3.8) is 0 Å². The molecule has 0 radical (unpaired) electrons. The largest absolute Gasteiger partial charge is 0.301 e. The number of hydrogen-bond acceptors (Lipinski definition) is 5. The van der Waals surface area contributed by atoms with Crippen molar-refractivity contribution in [1.82, 2.24) is 15.0 Å². The fraction of sp³-hybridized carbons (Fsp3) is 0.304. The molecule has 0 spiro atoms. The second-order valence-electron chi connectivity index (χ2n) is 7.43. The van der Waals surface area contributed by atoms with Gasteiger partial charge in [0.15, 0.2) is 5.13 Å². The highest BCUT2D eigenvalue weighted by Crippen LogP contribution is 2.43. The van der Waals surface area contributed by atoms with Gasteiger partial charge in [0, 0.05) is 29.5 Å². The Morgan fingerprint density at radius 3 is 2.45 bits per heavy atom. The van der Waals surface area contributed by atoms with E-state index in [0.717, 1.165) is 29.5 Å². The van der Waals surface area contributed by atoms with E-state index in [1.165, 1.54) is 30.5 Å². The second kappa shape index (κ2) is 8.54. The van der Waals surface area contributed by atoms with Crippen LogP contribution in [-0.4, -0.2) is 20.9 Å². The van der Waals surface area contributed by atoms with E-state index in [1.54, 1.807) is 18.6 Å². The Bertz CT molecular complexity index is 1020. The maximum atomic E-state index is 13.3. The quantitative estimate of drug-likeness (QED) is 0.656. The highest BCUT2D eigenvalue weighted by Gasteiger charge is 2.44. The van der Waals surface area contributed by atoms with Gasteiger partial charge in [-0.2, -0.15) is 0 Å². The molecule has 1 aliphatic carbocycles. The number of carbonyl (C=O) groups excluding carboxylic acids is 1. The Hall–Kier alpha value is -3.04. The Labute approximate surface area is 174 Å². The number of nitrogens with one attached hydrogen (secondary N) is 1. The molecule has 2 aromatic heterocycles. The first-order chi connectivity index (χ1) is 14.2. The van der Waals surface area contributed by atoms with E-state index in [9.17, 15) is 4.79 Å². The van der Waals surface area contributed by atoms with Gasteiger partial charge in [-0.25, -0.2) is 15.0 Å². The lowest BCUT2D eigenvalue weighted by Gasteiger charge is -2.34. The Morgan fingerprint density at radius 1 is 1.10 bits per heavy atom. The lowest BCUT2D eigenvalue weighted by Crippen LogP contribution is -2.43. The van der Waals surface area contributed by atoms with Crippen molar-refractivity contribution in [3.05, 3.63) is 71.3 Å². The fourth-order valence-electron chi connectivity index (χ4n) is 3.98. The molecule has 5 nitrogen and oxygen atoms in total. The predicted molar refractivity (Wildman–Crippen MR) is 115 cm³/mol. The average molecular weight is 403 g/mol. The van der Waals surface area contributed by atoms with Gasteiger partial charge in [0.1, 0.15) is 6.33 Å². The molecule has 146 valence electrons. The van der Waals surface area contributed by atoms with Crippen LogP contribution in [0.5, 0.6) is 0 Å². The summed E-state index contributed by atoms with van der Waals surface area (Å²) in [7, 11) is 0. The molecule has 3 aromatic rings. The molecule has 29 heavy (non-hydrogen) atoms. The maximum Gasteiger partial charge on any atom is 0.236 e. The van der Waals surface area contributed by atoms with Gasteiger partial charge in [-0.05, 0) is 43.4 Å². The van der Waals surface area contributed by atoms with Gasteiger partial charge >= 0.3 is 0 Å². The third-order valence-electron chi connectivity index (χ3n) is 5.69. The SMILES string of the molecule is CC(C(=O)Nc1nccs1)(c1ccc(C#Cc2cncnc2)cc1)C1CCCC1. The van der Waals surface area contributed by atoms with Crippen molar-refractivity contribution in [2.75, 3.05) is 5.32 Å². The first kappa shape index (κ1) is 19.3. The molecule has 1 N–H and O–H groups in total. The third-order valence-corrected chi connectivity index (χ3v) is 6.38. The fourth-order valence-corrected chi connectivity index (χ4v) is 4.50. The molecule has 1 aromatic carbocycles. The van der Waals surface area contributed by atoms with Gasteiger partial charge in [0.05, 0.1) is 11.0 Å². The average Bonchev–Trinajstić information content (AvgIpc) is 3.47. The maximum absolute atomic E-state index is 13.3.